The Labute approximate surface area is 175 Å². The summed E-state index contributed by atoms with van der Waals surface area (Å²) in [6.45, 7) is 7.78. The molecular formula is C25H25NO4. The lowest BCUT2D eigenvalue weighted by atomic mass is 9.88. The lowest BCUT2D eigenvalue weighted by Crippen LogP contribution is -2.41. The molecule has 1 N–H and O–H groups in total. The summed E-state index contributed by atoms with van der Waals surface area (Å²) in [6.07, 6.45) is 0. The van der Waals surface area contributed by atoms with Crippen molar-refractivity contribution in [1.82, 2.24) is 0 Å². The number of rotatable bonds is 5. The molecule has 30 heavy (non-hydrogen) atoms. The third-order valence-electron chi connectivity index (χ3n) is 5.65. The van der Waals surface area contributed by atoms with E-state index in [1.165, 1.54) is 4.90 Å². The molecule has 0 saturated carbocycles. The largest absolute Gasteiger partial charge is 0.467 e. The number of ether oxygens (including phenoxy) is 1. The number of carbonyl (C=O) groups excluding carboxylic acids is 2. The minimum atomic E-state index is -0.480. The maximum atomic E-state index is 13.6. The zero-order valence-electron chi connectivity index (χ0n) is 17.6. The Kier molecular flexibility index (Phi) is 5.08. The molecule has 0 radical (unpaired) electrons. The van der Waals surface area contributed by atoms with E-state index >= 15 is 0 Å². The summed E-state index contributed by atoms with van der Waals surface area (Å²) < 4.78 is 5.30. The number of aliphatic hydroxyl groups is 1. The summed E-state index contributed by atoms with van der Waals surface area (Å²) in [7, 11) is 0. The van der Waals surface area contributed by atoms with E-state index in [1.807, 2.05) is 18.2 Å². The highest BCUT2D eigenvalue weighted by Gasteiger charge is 2.37. The predicted octanol–water partition coefficient (Wildman–Crippen LogP) is 5.22. The van der Waals surface area contributed by atoms with Gasteiger partial charge in [-0.15, -0.1) is 0 Å². The van der Waals surface area contributed by atoms with Gasteiger partial charge < -0.3 is 9.84 Å². The van der Waals surface area contributed by atoms with E-state index in [-0.39, 0.29) is 23.7 Å². The molecule has 0 saturated heterocycles. The summed E-state index contributed by atoms with van der Waals surface area (Å²) in [5.41, 5.74) is 3.55. The van der Waals surface area contributed by atoms with Crippen LogP contribution in [0.25, 0.3) is 10.8 Å². The molecule has 1 heterocycles. The molecule has 1 aliphatic heterocycles. The first-order valence-electron chi connectivity index (χ1n) is 10.2. The number of benzene rings is 3. The highest BCUT2D eigenvalue weighted by atomic mass is 16.6. The van der Waals surface area contributed by atoms with E-state index < -0.39 is 6.79 Å². The van der Waals surface area contributed by atoms with Crippen LogP contribution in [0.3, 0.4) is 0 Å². The lowest BCUT2D eigenvalue weighted by molar-refractivity contribution is 0.0893. The molecule has 5 heteroatoms. The van der Waals surface area contributed by atoms with Crippen LogP contribution >= 0.6 is 0 Å². The Morgan fingerprint density at radius 2 is 1.40 bits per heavy atom. The van der Waals surface area contributed by atoms with Crippen molar-refractivity contribution >= 4 is 28.3 Å². The molecule has 3 aromatic carbocycles. The van der Waals surface area contributed by atoms with Crippen molar-refractivity contribution in [3.63, 3.8) is 0 Å². The summed E-state index contributed by atoms with van der Waals surface area (Å²) in [4.78, 5) is 28.6. The van der Waals surface area contributed by atoms with Crippen molar-refractivity contribution in [3.05, 3.63) is 70.8 Å². The summed E-state index contributed by atoms with van der Waals surface area (Å²) in [5.74, 6) is 0.0646. The number of para-hydroxylation sites is 1. The molecule has 0 bridgehead atoms. The van der Waals surface area contributed by atoms with Gasteiger partial charge in [-0.1, -0.05) is 58.0 Å². The quantitative estimate of drug-likeness (QED) is 0.469. The molecule has 1 aliphatic rings. The molecule has 4 rings (SSSR count). The fourth-order valence-electron chi connectivity index (χ4n) is 4.24. The van der Waals surface area contributed by atoms with Crippen LogP contribution in [0.15, 0.2) is 48.5 Å². The molecule has 2 amide bonds. The van der Waals surface area contributed by atoms with Gasteiger partial charge in [0.05, 0.1) is 5.69 Å². The van der Waals surface area contributed by atoms with Crippen molar-refractivity contribution in [2.75, 3.05) is 11.7 Å². The average molecular weight is 403 g/mol. The molecular weight excluding hydrogens is 378 g/mol. The molecule has 154 valence electrons. The minimum absolute atomic E-state index is 0.150. The molecule has 0 fully saturated rings. The van der Waals surface area contributed by atoms with E-state index in [2.05, 4.69) is 27.7 Å². The van der Waals surface area contributed by atoms with Gasteiger partial charge in [0.15, 0.2) is 6.79 Å². The maximum absolute atomic E-state index is 13.6. The number of nitrogens with zero attached hydrogens (tertiary/aromatic N) is 1. The summed E-state index contributed by atoms with van der Waals surface area (Å²) >= 11 is 0. The van der Waals surface area contributed by atoms with Crippen LogP contribution < -0.4 is 9.64 Å². The number of carbonyl (C=O) groups is 2. The number of hydrogen-bond acceptors (Lipinski definition) is 4. The maximum Gasteiger partial charge on any atom is 0.266 e. The Morgan fingerprint density at radius 3 is 1.97 bits per heavy atom. The van der Waals surface area contributed by atoms with Gasteiger partial charge in [-0.2, -0.15) is 0 Å². The Morgan fingerprint density at radius 1 is 0.833 bits per heavy atom. The molecule has 5 nitrogen and oxygen atoms in total. The summed E-state index contributed by atoms with van der Waals surface area (Å²) in [5, 5.41) is 10.4. The van der Waals surface area contributed by atoms with Crippen LogP contribution in [0, 0.1) is 0 Å². The molecule has 0 aliphatic carbocycles. The smallest absolute Gasteiger partial charge is 0.266 e. The fourth-order valence-corrected chi connectivity index (χ4v) is 4.24. The van der Waals surface area contributed by atoms with Crippen LogP contribution in [-0.2, 0) is 0 Å². The van der Waals surface area contributed by atoms with E-state index in [1.54, 1.807) is 30.3 Å². The average Bonchev–Trinajstić information content (AvgIpc) is 2.72. The number of anilines is 1. The molecule has 0 aromatic heterocycles. The normalized spacial score (nSPS) is 13.6. The van der Waals surface area contributed by atoms with Crippen LogP contribution in [-0.4, -0.2) is 23.7 Å². The van der Waals surface area contributed by atoms with Gasteiger partial charge in [0.2, 0.25) is 0 Å². The van der Waals surface area contributed by atoms with Crippen LogP contribution in [0.5, 0.6) is 5.75 Å². The first-order chi connectivity index (χ1) is 14.4. The number of aliphatic hydroxyl groups excluding tert-OH is 1. The second-order valence-corrected chi connectivity index (χ2v) is 8.15. The Bertz CT molecular complexity index is 1110. The highest BCUT2D eigenvalue weighted by molar-refractivity contribution is 6.36. The third kappa shape index (κ3) is 2.97. The zero-order chi connectivity index (χ0) is 21.6. The SMILES string of the molecule is CC(C)c1cccc(C(C)C)c1N1C(=O)c2cccc3c(OCO)ccc(c23)C1=O. The van der Waals surface area contributed by atoms with Crippen LogP contribution in [0.4, 0.5) is 5.69 Å². The number of imide groups is 1. The van der Waals surface area contributed by atoms with Crippen LogP contribution in [0.1, 0.15) is 71.4 Å². The zero-order valence-corrected chi connectivity index (χ0v) is 17.6. The first-order valence-corrected chi connectivity index (χ1v) is 10.2. The van der Waals surface area contributed by atoms with E-state index in [0.29, 0.717) is 33.3 Å². The van der Waals surface area contributed by atoms with Crippen molar-refractivity contribution < 1.29 is 19.4 Å². The monoisotopic (exact) mass is 403 g/mol. The molecule has 0 spiro atoms. The fraction of sp³-hybridized carbons (Fsp3) is 0.280. The molecule has 0 atom stereocenters. The number of hydrogen-bond donors (Lipinski definition) is 1. The van der Waals surface area contributed by atoms with Crippen molar-refractivity contribution in [3.8, 4) is 5.75 Å². The Balaban J connectivity index is 2.00. The second-order valence-electron chi connectivity index (χ2n) is 8.15. The number of amides is 2. The van der Waals surface area contributed by atoms with E-state index in [9.17, 15) is 14.7 Å². The lowest BCUT2D eigenvalue weighted by Gasteiger charge is -2.32. The standard InChI is InChI=1S/C25H25NO4/c1-14(2)16-7-5-8-17(15(3)4)23(16)26-24(28)19-10-6-9-18-21(30-13-27)12-11-20(22(18)19)25(26)29/h5-12,14-15,27H,13H2,1-4H3. The highest BCUT2D eigenvalue weighted by Crippen LogP contribution is 2.41. The van der Waals surface area contributed by atoms with Crippen molar-refractivity contribution in [2.24, 2.45) is 0 Å². The van der Waals surface area contributed by atoms with Gasteiger partial charge >= 0.3 is 0 Å². The van der Waals surface area contributed by atoms with Gasteiger partial charge in [-0.3, -0.25) is 9.59 Å². The van der Waals surface area contributed by atoms with Gasteiger partial charge in [0.1, 0.15) is 5.75 Å². The molecule has 3 aromatic rings. The van der Waals surface area contributed by atoms with Crippen LogP contribution in [0.2, 0.25) is 0 Å². The third-order valence-corrected chi connectivity index (χ3v) is 5.65. The predicted molar refractivity (Wildman–Crippen MR) is 117 cm³/mol. The van der Waals surface area contributed by atoms with Gasteiger partial charge in [-0.25, -0.2) is 4.90 Å². The van der Waals surface area contributed by atoms with Crippen molar-refractivity contribution in [2.45, 2.75) is 39.5 Å². The molecule has 0 unspecified atom stereocenters. The van der Waals surface area contributed by atoms with E-state index in [4.69, 9.17) is 4.74 Å². The van der Waals surface area contributed by atoms with Gasteiger partial charge in [0.25, 0.3) is 11.8 Å². The van der Waals surface area contributed by atoms with Gasteiger partial charge in [-0.05, 0) is 41.2 Å². The van der Waals surface area contributed by atoms with E-state index in [0.717, 1.165) is 11.1 Å². The van der Waals surface area contributed by atoms with Crippen molar-refractivity contribution in [1.29, 1.82) is 0 Å². The summed E-state index contributed by atoms with van der Waals surface area (Å²) in [6, 6.07) is 14.6. The topological polar surface area (TPSA) is 66.8 Å². The Hall–Kier alpha value is -3.18. The minimum Gasteiger partial charge on any atom is -0.467 e. The van der Waals surface area contributed by atoms with Gasteiger partial charge in [0, 0.05) is 21.9 Å². The first kappa shape index (κ1) is 20.1. The second kappa shape index (κ2) is 7.58.